The second-order valence-corrected chi connectivity index (χ2v) is 6.22. The van der Waals surface area contributed by atoms with Crippen molar-refractivity contribution in [2.75, 3.05) is 39.3 Å². The Labute approximate surface area is 130 Å². The van der Waals surface area contributed by atoms with Crippen LogP contribution in [0.25, 0.3) is 0 Å². The number of hydrogen-bond donors (Lipinski definition) is 1. The molecule has 0 radical (unpaired) electrons. The Bertz CT molecular complexity index is 371. The lowest BCUT2D eigenvalue weighted by atomic mass is 10.1. The summed E-state index contributed by atoms with van der Waals surface area (Å²) in [5, 5.41) is 0. The van der Waals surface area contributed by atoms with E-state index in [1.54, 1.807) is 0 Å². The van der Waals surface area contributed by atoms with Gasteiger partial charge in [-0.2, -0.15) is 0 Å². The molecule has 0 spiro atoms. The van der Waals surface area contributed by atoms with Gasteiger partial charge in [0.05, 0.1) is 0 Å². The number of nitrogens with zero attached hydrogens (tertiary/aromatic N) is 2. The molecule has 2 rings (SSSR count). The van der Waals surface area contributed by atoms with Crippen LogP contribution < -0.4 is 5.73 Å². The summed E-state index contributed by atoms with van der Waals surface area (Å²) in [6, 6.07) is 10.6. The summed E-state index contributed by atoms with van der Waals surface area (Å²) in [6.45, 7) is 9.25. The molecule has 3 heteroatoms. The molecule has 118 valence electrons. The van der Waals surface area contributed by atoms with E-state index in [9.17, 15) is 0 Å². The van der Waals surface area contributed by atoms with Crippen LogP contribution in [-0.2, 0) is 0 Å². The zero-order chi connectivity index (χ0) is 14.9. The first-order valence-corrected chi connectivity index (χ1v) is 8.55. The van der Waals surface area contributed by atoms with Gasteiger partial charge in [0.25, 0.3) is 0 Å². The molecule has 21 heavy (non-hydrogen) atoms. The molecule has 1 saturated heterocycles. The quantitative estimate of drug-likeness (QED) is 0.747. The molecular formula is C18H31N3. The Morgan fingerprint density at radius 3 is 2.29 bits per heavy atom. The standard InChI is InChI=1S/C18H31N3/c1-2-3-4-8-11-20-12-14-21(15-13-20)16-18(19)17-9-6-5-7-10-17/h5-7,9-10,18H,2-4,8,11-16,19H2,1H3. The van der Waals surface area contributed by atoms with Crippen molar-refractivity contribution < 1.29 is 0 Å². The maximum atomic E-state index is 6.32. The van der Waals surface area contributed by atoms with Crippen LogP contribution in [0.15, 0.2) is 30.3 Å². The molecule has 0 bridgehead atoms. The van der Waals surface area contributed by atoms with E-state index in [1.165, 1.54) is 50.9 Å². The summed E-state index contributed by atoms with van der Waals surface area (Å²) < 4.78 is 0. The van der Waals surface area contributed by atoms with Gasteiger partial charge in [-0.05, 0) is 18.5 Å². The largest absolute Gasteiger partial charge is 0.323 e. The second kappa shape index (κ2) is 9.19. The molecule has 1 fully saturated rings. The van der Waals surface area contributed by atoms with E-state index in [0.717, 1.165) is 19.6 Å². The molecule has 0 aromatic heterocycles. The van der Waals surface area contributed by atoms with E-state index < -0.39 is 0 Å². The minimum Gasteiger partial charge on any atom is -0.323 e. The number of unbranched alkanes of at least 4 members (excludes halogenated alkanes) is 3. The lowest BCUT2D eigenvalue weighted by Gasteiger charge is -2.36. The van der Waals surface area contributed by atoms with Crippen molar-refractivity contribution in [2.24, 2.45) is 5.73 Å². The van der Waals surface area contributed by atoms with Crippen LogP contribution in [0.4, 0.5) is 0 Å². The Balaban J connectivity index is 1.65. The molecule has 1 aliphatic rings. The average molecular weight is 289 g/mol. The van der Waals surface area contributed by atoms with Gasteiger partial charge in [-0.25, -0.2) is 0 Å². The van der Waals surface area contributed by atoms with Gasteiger partial charge in [-0.15, -0.1) is 0 Å². The Morgan fingerprint density at radius 2 is 1.62 bits per heavy atom. The molecule has 0 aliphatic carbocycles. The molecule has 0 amide bonds. The summed E-state index contributed by atoms with van der Waals surface area (Å²) in [6.07, 6.45) is 5.45. The van der Waals surface area contributed by atoms with Crippen LogP contribution in [0.1, 0.15) is 44.2 Å². The minimum absolute atomic E-state index is 0.141. The van der Waals surface area contributed by atoms with Crippen molar-refractivity contribution in [1.29, 1.82) is 0 Å². The third-order valence-corrected chi connectivity index (χ3v) is 4.48. The number of piperazine rings is 1. The number of rotatable bonds is 8. The molecule has 1 atom stereocenters. The fourth-order valence-electron chi connectivity index (χ4n) is 3.04. The van der Waals surface area contributed by atoms with Gasteiger partial charge in [0.15, 0.2) is 0 Å². The fourth-order valence-corrected chi connectivity index (χ4v) is 3.04. The van der Waals surface area contributed by atoms with E-state index in [0.29, 0.717) is 0 Å². The average Bonchev–Trinajstić information content (AvgIpc) is 2.54. The lowest BCUT2D eigenvalue weighted by molar-refractivity contribution is 0.125. The molecule has 1 aromatic carbocycles. The lowest BCUT2D eigenvalue weighted by Crippen LogP contribution is -2.48. The Hall–Kier alpha value is -0.900. The number of nitrogens with two attached hydrogens (primary N) is 1. The van der Waals surface area contributed by atoms with Gasteiger partial charge in [0.2, 0.25) is 0 Å². The molecule has 1 unspecified atom stereocenters. The zero-order valence-corrected chi connectivity index (χ0v) is 13.5. The third-order valence-electron chi connectivity index (χ3n) is 4.48. The van der Waals surface area contributed by atoms with Crippen LogP contribution in [0.5, 0.6) is 0 Å². The molecule has 1 heterocycles. The van der Waals surface area contributed by atoms with Crippen LogP contribution in [0.2, 0.25) is 0 Å². The van der Waals surface area contributed by atoms with E-state index in [1.807, 2.05) is 6.07 Å². The molecule has 1 aromatic rings. The van der Waals surface area contributed by atoms with Crippen molar-refractivity contribution >= 4 is 0 Å². The maximum Gasteiger partial charge on any atom is 0.0424 e. The minimum atomic E-state index is 0.141. The van der Waals surface area contributed by atoms with Gasteiger partial charge < -0.3 is 10.6 Å². The van der Waals surface area contributed by atoms with Crippen LogP contribution >= 0.6 is 0 Å². The SMILES string of the molecule is CCCCCCN1CCN(CC(N)c2ccccc2)CC1. The zero-order valence-electron chi connectivity index (χ0n) is 13.5. The highest BCUT2D eigenvalue weighted by atomic mass is 15.3. The first-order chi connectivity index (χ1) is 10.3. The van der Waals surface area contributed by atoms with Gasteiger partial charge in [-0.1, -0.05) is 56.5 Å². The molecule has 2 N–H and O–H groups in total. The highest BCUT2D eigenvalue weighted by Gasteiger charge is 2.18. The second-order valence-electron chi connectivity index (χ2n) is 6.22. The molecule has 3 nitrogen and oxygen atoms in total. The van der Waals surface area contributed by atoms with Crippen molar-refractivity contribution in [3.63, 3.8) is 0 Å². The van der Waals surface area contributed by atoms with Gasteiger partial charge >= 0.3 is 0 Å². The van der Waals surface area contributed by atoms with Gasteiger partial charge in [0.1, 0.15) is 0 Å². The van der Waals surface area contributed by atoms with Crippen molar-refractivity contribution in [2.45, 2.75) is 38.6 Å². The van der Waals surface area contributed by atoms with Crippen LogP contribution in [0, 0.1) is 0 Å². The summed E-state index contributed by atoms with van der Waals surface area (Å²) in [4.78, 5) is 5.13. The summed E-state index contributed by atoms with van der Waals surface area (Å²) >= 11 is 0. The summed E-state index contributed by atoms with van der Waals surface area (Å²) in [5.41, 5.74) is 7.57. The van der Waals surface area contributed by atoms with E-state index in [4.69, 9.17) is 5.73 Å². The fraction of sp³-hybridized carbons (Fsp3) is 0.667. The molecular weight excluding hydrogens is 258 g/mol. The monoisotopic (exact) mass is 289 g/mol. The van der Waals surface area contributed by atoms with Crippen molar-refractivity contribution in [3.05, 3.63) is 35.9 Å². The number of benzene rings is 1. The van der Waals surface area contributed by atoms with Crippen LogP contribution in [-0.4, -0.2) is 49.1 Å². The van der Waals surface area contributed by atoms with Gasteiger partial charge in [-0.3, -0.25) is 4.90 Å². The normalized spacial score (nSPS) is 18.8. The Morgan fingerprint density at radius 1 is 0.952 bits per heavy atom. The topological polar surface area (TPSA) is 32.5 Å². The van der Waals surface area contributed by atoms with E-state index >= 15 is 0 Å². The molecule has 1 aliphatic heterocycles. The first-order valence-electron chi connectivity index (χ1n) is 8.55. The van der Waals surface area contributed by atoms with Crippen molar-refractivity contribution in [3.8, 4) is 0 Å². The summed E-state index contributed by atoms with van der Waals surface area (Å²) in [5.74, 6) is 0. The van der Waals surface area contributed by atoms with Crippen LogP contribution in [0.3, 0.4) is 0 Å². The maximum absolute atomic E-state index is 6.32. The third kappa shape index (κ3) is 5.77. The number of hydrogen-bond acceptors (Lipinski definition) is 3. The first kappa shape index (κ1) is 16.5. The predicted octanol–water partition coefficient (Wildman–Crippen LogP) is 2.88. The van der Waals surface area contributed by atoms with E-state index in [2.05, 4.69) is 41.0 Å². The Kier molecular flexibility index (Phi) is 7.20. The highest BCUT2D eigenvalue weighted by Crippen LogP contribution is 2.13. The van der Waals surface area contributed by atoms with E-state index in [-0.39, 0.29) is 6.04 Å². The van der Waals surface area contributed by atoms with Crippen molar-refractivity contribution in [1.82, 2.24) is 9.80 Å². The summed E-state index contributed by atoms with van der Waals surface area (Å²) in [7, 11) is 0. The predicted molar refractivity (Wildman–Crippen MR) is 90.4 cm³/mol. The van der Waals surface area contributed by atoms with Gasteiger partial charge in [0, 0.05) is 38.8 Å². The molecule has 0 saturated carbocycles. The smallest absolute Gasteiger partial charge is 0.0424 e. The highest BCUT2D eigenvalue weighted by molar-refractivity contribution is 5.18.